The van der Waals surface area contributed by atoms with Gasteiger partial charge in [0, 0.05) is 0 Å². The molecule has 7 nitrogen and oxygen atoms in total. The fourth-order valence-corrected chi connectivity index (χ4v) is 1.35. The molecule has 0 fully saturated rings. The predicted octanol–water partition coefficient (Wildman–Crippen LogP) is -2.25. The summed E-state index contributed by atoms with van der Waals surface area (Å²) in [7, 11) is 0. The molecule has 0 saturated heterocycles. The number of hydrogen-bond donors (Lipinski definition) is 6. The van der Waals surface area contributed by atoms with Crippen LogP contribution in [0, 0.1) is 0 Å². The molecule has 6 N–H and O–H groups in total. The Morgan fingerprint density at radius 3 is 2.12 bits per heavy atom. The summed E-state index contributed by atoms with van der Waals surface area (Å²) in [5.41, 5.74) is 0. The molecule has 0 aliphatic carbocycles. The van der Waals surface area contributed by atoms with E-state index in [1.54, 1.807) is 0 Å². The van der Waals surface area contributed by atoms with E-state index in [-0.39, 0.29) is 5.76 Å². The van der Waals surface area contributed by atoms with Gasteiger partial charge in [-0.1, -0.05) is 0 Å². The Morgan fingerprint density at radius 1 is 1.00 bits per heavy atom. The lowest BCUT2D eigenvalue weighted by molar-refractivity contribution is -0.143. The largest absolute Gasteiger partial charge is 0.466 e. The average Bonchev–Trinajstić information content (AvgIpc) is 2.87. The fraction of sp³-hybridized carbons (Fsp3) is 0.600. The predicted molar refractivity (Wildman–Crippen MR) is 54.8 cm³/mol. The molecule has 0 aromatic carbocycles. The van der Waals surface area contributed by atoms with Crippen molar-refractivity contribution in [2.75, 3.05) is 6.61 Å². The molecule has 5 unspecified atom stereocenters. The van der Waals surface area contributed by atoms with Crippen LogP contribution >= 0.6 is 0 Å². The Kier molecular flexibility index (Phi) is 5.06. The van der Waals surface area contributed by atoms with Crippen molar-refractivity contribution in [1.82, 2.24) is 0 Å². The molecule has 7 heteroatoms. The summed E-state index contributed by atoms with van der Waals surface area (Å²) in [6.45, 7) is -0.776. The quantitative estimate of drug-likeness (QED) is 0.335. The van der Waals surface area contributed by atoms with E-state index in [4.69, 9.17) is 14.6 Å². The van der Waals surface area contributed by atoms with Gasteiger partial charge in [0.1, 0.15) is 36.3 Å². The summed E-state index contributed by atoms with van der Waals surface area (Å²) in [5, 5.41) is 55.6. The van der Waals surface area contributed by atoms with Gasteiger partial charge >= 0.3 is 0 Å². The Labute approximate surface area is 97.2 Å². The molecular formula is C10H16O7. The van der Waals surface area contributed by atoms with Crippen molar-refractivity contribution in [2.24, 2.45) is 0 Å². The van der Waals surface area contributed by atoms with E-state index in [1.807, 2.05) is 0 Å². The number of rotatable bonds is 6. The minimum Gasteiger partial charge on any atom is -0.466 e. The van der Waals surface area contributed by atoms with Gasteiger partial charge in [0.25, 0.3) is 0 Å². The highest BCUT2D eigenvalue weighted by Crippen LogP contribution is 2.21. The van der Waals surface area contributed by atoms with Crippen LogP contribution in [0.1, 0.15) is 11.9 Å². The Morgan fingerprint density at radius 2 is 1.65 bits per heavy atom. The molecule has 0 aliphatic rings. The highest BCUT2D eigenvalue weighted by molar-refractivity contribution is 5.05. The van der Waals surface area contributed by atoms with Gasteiger partial charge < -0.3 is 35.1 Å². The molecule has 0 spiro atoms. The van der Waals surface area contributed by atoms with Crippen molar-refractivity contribution in [3.05, 3.63) is 24.2 Å². The molecule has 0 aliphatic heterocycles. The standard InChI is InChI=1S/C10H16O7/c11-4-5(12)7(13)9(15)10(16)8(14)6-2-1-3-17-6/h1-3,5,7-16H,4H2. The first-order chi connectivity index (χ1) is 7.99. The normalized spacial score (nSPS) is 20.6. The maximum atomic E-state index is 9.59. The van der Waals surface area contributed by atoms with Crippen molar-refractivity contribution >= 4 is 0 Å². The van der Waals surface area contributed by atoms with Crippen LogP contribution in [0.2, 0.25) is 0 Å². The van der Waals surface area contributed by atoms with E-state index >= 15 is 0 Å². The monoisotopic (exact) mass is 248 g/mol. The molecule has 1 aromatic heterocycles. The SMILES string of the molecule is OCC(O)C(O)C(O)C(O)C(O)c1ccco1. The van der Waals surface area contributed by atoms with Crippen LogP contribution in [0.5, 0.6) is 0 Å². The highest BCUT2D eigenvalue weighted by Gasteiger charge is 2.35. The molecule has 1 heterocycles. The number of hydrogen-bond acceptors (Lipinski definition) is 7. The van der Waals surface area contributed by atoms with Gasteiger partial charge in [-0.25, -0.2) is 0 Å². The van der Waals surface area contributed by atoms with E-state index in [0.29, 0.717) is 0 Å². The lowest BCUT2D eigenvalue weighted by Gasteiger charge is -2.27. The van der Waals surface area contributed by atoms with E-state index < -0.39 is 37.1 Å². The summed E-state index contributed by atoms with van der Waals surface area (Å²) in [4.78, 5) is 0. The first kappa shape index (κ1) is 14.1. The Bertz CT molecular complexity index is 312. The molecule has 17 heavy (non-hydrogen) atoms. The van der Waals surface area contributed by atoms with Gasteiger partial charge in [-0.2, -0.15) is 0 Å². The molecule has 0 amide bonds. The van der Waals surface area contributed by atoms with Gasteiger partial charge in [0.2, 0.25) is 0 Å². The molecule has 1 aromatic rings. The number of aliphatic hydroxyl groups is 6. The van der Waals surface area contributed by atoms with Gasteiger partial charge in [-0.15, -0.1) is 0 Å². The van der Waals surface area contributed by atoms with E-state index in [9.17, 15) is 20.4 Å². The van der Waals surface area contributed by atoms with Crippen LogP contribution in [-0.4, -0.2) is 61.7 Å². The first-order valence-electron chi connectivity index (χ1n) is 5.03. The second-order valence-electron chi connectivity index (χ2n) is 3.68. The number of furan rings is 1. The van der Waals surface area contributed by atoms with Crippen LogP contribution < -0.4 is 0 Å². The zero-order valence-corrected chi connectivity index (χ0v) is 8.92. The second kappa shape index (κ2) is 6.10. The lowest BCUT2D eigenvalue weighted by atomic mass is 9.98. The lowest BCUT2D eigenvalue weighted by Crippen LogP contribution is -2.47. The summed E-state index contributed by atoms with van der Waals surface area (Å²) < 4.78 is 4.82. The smallest absolute Gasteiger partial charge is 0.140 e. The molecular weight excluding hydrogens is 232 g/mol. The second-order valence-corrected chi connectivity index (χ2v) is 3.68. The minimum absolute atomic E-state index is 0.0160. The van der Waals surface area contributed by atoms with Crippen molar-refractivity contribution < 1.29 is 35.1 Å². The van der Waals surface area contributed by atoms with Crippen molar-refractivity contribution in [2.45, 2.75) is 30.5 Å². The van der Waals surface area contributed by atoms with Crippen molar-refractivity contribution in [3.8, 4) is 0 Å². The van der Waals surface area contributed by atoms with Gasteiger partial charge in [-0.3, -0.25) is 0 Å². The van der Waals surface area contributed by atoms with Gasteiger partial charge in [0.15, 0.2) is 0 Å². The van der Waals surface area contributed by atoms with Crippen LogP contribution in [-0.2, 0) is 0 Å². The molecule has 98 valence electrons. The van der Waals surface area contributed by atoms with Crippen molar-refractivity contribution in [3.63, 3.8) is 0 Å². The topological polar surface area (TPSA) is 135 Å². The first-order valence-corrected chi connectivity index (χ1v) is 5.03. The third-order valence-corrected chi connectivity index (χ3v) is 2.44. The maximum absolute atomic E-state index is 9.59. The fourth-order valence-electron chi connectivity index (χ4n) is 1.35. The van der Waals surface area contributed by atoms with Gasteiger partial charge in [-0.05, 0) is 12.1 Å². The van der Waals surface area contributed by atoms with Crippen LogP contribution in [0.3, 0.4) is 0 Å². The highest BCUT2D eigenvalue weighted by atomic mass is 16.4. The van der Waals surface area contributed by atoms with Crippen LogP contribution in [0.25, 0.3) is 0 Å². The summed E-state index contributed by atoms with van der Waals surface area (Å²) in [6, 6.07) is 2.87. The summed E-state index contributed by atoms with van der Waals surface area (Å²) in [6.07, 6.45) is -7.23. The molecule has 0 radical (unpaired) electrons. The zero-order valence-electron chi connectivity index (χ0n) is 8.92. The maximum Gasteiger partial charge on any atom is 0.140 e. The zero-order chi connectivity index (χ0) is 13.0. The Balaban J connectivity index is 2.66. The molecule has 1 rings (SSSR count). The van der Waals surface area contributed by atoms with E-state index in [2.05, 4.69) is 0 Å². The molecule has 0 saturated carbocycles. The molecule has 5 atom stereocenters. The van der Waals surface area contributed by atoms with E-state index in [0.717, 1.165) is 0 Å². The van der Waals surface area contributed by atoms with Crippen LogP contribution in [0.15, 0.2) is 22.8 Å². The third-order valence-electron chi connectivity index (χ3n) is 2.44. The van der Waals surface area contributed by atoms with E-state index in [1.165, 1.54) is 18.4 Å². The minimum atomic E-state index is -1.82. The summed E-state index contributed by atoms with van der Waals surface area (Å²) >= 11 is 0. The summed E-state index contributed by atoms with van der Waals surface area (Å²) in [5.74, 6) is 0.0160. The third kappa shape index (κ3) is 3.25. The average molecular weight is 248 g/mol. The van der Waals surface area contributed by atoms with Crippen LogP contribution in [0.4, 0.5) is 0 Å². The Hall–Kier alpha value is -0.960. The van der Waals surface area contributed by atoms with Crippen molar-refractivity contribution in [1.29, 1.82) is 0 Å². The molecule has 0 bridgehead atoms. The van der Waals surface area contributed by atoms with Gasteiger partial charge in [0.05, 0.1) is 12.9 Å². The number of aliphatic hydroxyl groups excluding tert-OH is 6.